The summed E-state index contributed by atoms with van der Waals surface area (Å²) in [5.41, 5.74) is 0.265. The van der Waals surface area contributed by atoms with Gasteiger partial charge in [-0.3, -0.25) is 29.9 Å². The number of nitro benzene ring substituents is 1. The van der Waals surface area contributed by atoms with E-state index in [2.05, 4.69) is 5.32 Å². The Morgan fingerprint density at radius 2 is 1.96 bits per heavy atom. The summed E-state index contributed by atoms with van der Waals surface area (Å²) >= 11 is 0. The molecule has 11 heteroatoms. The summed E-state index contributed by atoms with van der Waals surface area (Å²) in [6, 6.07) is 3.84. The first-order chi connectivity index (χ1) is 13.2. The summed E-state index contributed by atoms with van der Waals surface area (Å²) in [6.07, 6.45) is 2.24. The summed E-state index contributed by atoms with van der Waals surface area (Å²) in [6.45, 7) is 1.84. The van der Waals surface area contributed by atoms with Crippen LogP contribution in [0.5, 0.6) is 5.75 Å². The molecule has 0 bridgehead atoms. The minimum absolute atomic E-state index is 0.175. The normalized spacial score (nSPS) is 21.4. The van der Waals surface area contributed by atoms with E-state index in [0.29, 0.717) is 32.1 Å². The number of ether oxygens (including phenoxy) is 1. The molecule has 152 valence electrons. The Hall–Kier alpha value is -3.21. The summed E-state index contributed by atoms with van der Waals surface area (Å²) in [5.74, 6) is 1.97. The predicted octanol–water partition coefficient (Wildman–Crippen LogP) is 1.33. The van der Waals surface area contributed by atoms with Gasteiger partial charge in [-0.25, -0.2) is 5.84 Å². The fourth-order valence-corrected chi connectivity index (χ4v) is 3.26. The van der Waals surface area contributed by atoms with Crippen molar-refractivity contribution in [3.05, 3.63) is 28.3 Å². The molecule has 5 N–H and O–H groups in total. The molecule has 1 saturated carbocycles. The smallest absolute Gasteiger partial charge is 0.323 e. The molecule has 1 fully saturated rings. The zero-order chi connectivity index (χ0) is 20.9. The minimum Gasteiger partial charge on any atom is -0.490 e. The molecule has 0 aromatic heterocycles. The van der Waals surface area contributed by atoms with E-state index >= 15 is 0 Å². The van der Waals surface area contributed by atoms with Crippen molar-refractivity contribution in [3.8, 4) is 5.75 Å². The standard InChI is InChI=1S/C17H22N4O7/c1-2-17(16(24)25)7-5-10(6-8-17)28-11-3-4-12(13(9-11)21(26)27)19-14(22)15(23)20-18/h3-4,9-10H,2,5-8,18H2,1H3,(H,19,22)(H,20,23)(H,24,25). The lowest BCUT2D eigenvalue weighted by Gasteiger charge is -2.36. The lowest BCUT2D eigenvalue weighted by Crippen LogP contribution is -2.39. The zero-order valence-corrected chi connectivity index (χ0v) is 15.3. The highest BCUT2D eigenvalue weighted by Crippen LogP contribution is 2.41. The fourth-order valence-electron chi connectivity index (χ4n) is 3.26. The Morgan fingerprint density at radius 1 is 1.32 bits per heavy atom. The van der Waals surface area contributed by atoms with Gasteiger partial charge in [0.15, 0.2) is 0 Å². The molecule has 0 radical (unpaired) electrons. The van der Waals surface area contributed by atoms with Gasteiger partial charge in [0.25, 0.3) is 5.69 Å². The molecule has 1 aromatic rings. The third kappa shape index (κ3) is 4.55. The van der Waals surface area contributed by atoms with Gasteiger partial charge in [-0.15, -0.1) is 0 Å². The second-order valence-corrected chi connectivity index (χ2v) is 6.62. The van der Waals surface area contributed by atoms with Crippen molar-refractivity contribution < 1.29 is 29.2 Å². The second kappa shape index (κ2) is 8.65. The Bertz CT molecular complexity index is 788. The van der Waals surface area contributed by atoms with Gasteiger partial charge in [0.1, 0.15) is 11.4 Å². The number of rotatable bonds is 6. The largest absolute Gasteiger partial charge is 0.490 e. The summed E-state index contributed by atoms with van der Waals surface area (Å²) in [5, 5.41) is 22.8. The van der Waals surface area contributed by atoms with Crippen LogP contribution in [-0.2, 0) is 14.4 Å². The van der Waals surface area contributed by atoms with Gasteiger partial charge < -0.3 is 15.2 Å². The molecule has 0 heterocycles. The monoisotopic (exact) mass is 394 g/mol. The number of hydrogen-bond acceptors (Lipinski definition) is 7. The van der Waals surface area contributed by atoms with Crippen LogP contribution >= 0.6 is 0 Å². The van der Waals surface area contributed by atoms with Crippen molar-refractivity contribution >= 4 is 29.2 Å². The summed E-state index contributed by atoms with van der Waals surface area (Å²) < 4.78 is 5.78. The molecule has 0 spiro atoms. The van der Waals surface area contributed by atoms with E-state index in [1.54, 1.807) is 5.43 Å². The van der Waals surface area contributed by atoms with Gasteiger partial charge >= 0.3 is 17.8 Å². The number of benzene rings is 1. The van der Waals surface area contributed by atoms with Gasteiger partial charge in [-0.1, -0.05) is 6.92 Å². The number of aliphatic carboxylic acids is 1. The fraction of sp³-hybridized carbons (Fsp3) is 0.471. The third-order valence-corrected chi connectivity index (χ3v) is 5.07. The Kier molecular flexibility index (Phi) is 6.52. The molecular formula is C17H22N4O7. The lowest BCUT2D eigenvalue weighted by molar-refractivity contribution is -0.384. The Labute approximate surface area is 160 Å². The summed E-state index contributed by atoms with van der Waals surface area (Å²) in [7, 11) is 0. The number of carbonyl (C=O) groups excluding carboxylic acids is 2. The average molecular weight is 394 g/mol. The first-order valence-electron chi connectivity index (χ1n) is 8.73. The number of nitrogens with one attached hydrogen (secondary N) is 2. The molecule has 1 aliphatic carbocycles. The number of nitrogens with two attached hydrogens (primary N) is 1. The molecule has 2 rings (SSSR count). The average Bonchev–Trinajstić information content (AvgIpc) is 2.68. The molecule has 0 aliphatic heterocycles. The highest BCUT2D eigenvalue weighted by atomic mass is 16.6. The molecule has 28 heavy (non-hydrogen) atoms. The van der Waals surface area contributed by atoms with E-state index in [4.69, 9.17) is 10.6 Å². The van der Waals surface area contributed by atoms with Crippen LogP contribution in [0.15, 0.2) is 18.2 Å². The number of carbonyl (C=O) groups is 3. The van der Waals surface area contributed by atoms with Crippen LogP contribution in [0.2, 0.25) is 0 Å². The van der Waals surface area contributed by atoms with Crippen molar-refractivity contribution in [1.29, 1.82) is 0 Å². The van der Waals surface area contributed by atoms with Gasteiger partial charge in [-0.05, 0) is 44.2 Å². The molecule has 0 saturated heterocycles. The van der Waals surface area contributed by atoms with Crippen LogP contribution in [0.4, 0.5) is 11.4 Å². The molecule has 1 aromatic carbocycles. The molecule has 2 amide bonds. The first kappa shape index (κ1) is 21.1. The predicted molar refractivity (Wildman–Crippen MR) is 97.3 cm³/mol. The maximum Gasteiger partial charge on any atom is 0.323 e. The van der Waals surface area contributed by atoms with Crippen LogP contribution < -0.4 is 21.3 Å². The number of hydrogen-bond donors (Lipinski definition) is 4. The number of hydrazine groups is 1. The van der Waals surface area contributed by atoms with E-state index in [1.165, 1.54) is 12.1 Å². The third-order valence-electron chi connectivity index (χ3n) is 5.07. The zero-order valence-electron chi connectivity index (χ0n) is 15.3. The van der Waals surface area contributed by atoms with Crippen LogP contribution in [0.1, 0.15) is 39.0 Å². The van der Waals surface area contributed by atoms with Crippen LogP contribution in [-0.4, -0.2) is 33.9 Å². The van der Waals surface area contributed by atoms with Gasteiger partial charge in [0.2, 0.25) is 0 Å². The highest BCUT2D eigenvalue weighted by Gasteiger charge is 2.41. The first-order valence-corrected chi connectivity index (χ1v) is 8.73. The molecule has 0 atom stereocenters. The van der Waals surface area contributed by atoms with Crippen LogP contribution in [0.3, 0.4) is 0 Å². The number of amides is 2. The minimum atomic E-state index is -1.14. The van der Waals surface area contributed by atoms with E-state index in [9.17, 15) is 29.6 Å². The van der Waals surface area contributed by atoms with E-state index in [1.807, 2.05) is 6.92 Å². The second-order valence-electron chi connectivity index (χ2n) is 6.62. The van der Waals surface area contributed by atoms with Gasteiger partial charge in [0, 0.05) is 0 Å². The van der Waals surface area contributed by atoms with Crippen LogP contribution in [0, 0.1) is 15.5 Å². The van der Waals surface area contributed by atoms with Gasteiger partial charge in [-0.2, -0.15) is 0 Å². The SMILES string of the molecule is CCC1(C(=O)O)CCC(Oc2ccc(NC(=O)C(=O)NN)c([N+](=O)[O-])c2)CC1. The molecule has 11 nitrogen and oxygen atoms in total. The Morgan fingerprint density at radius 3 is 2.46 bits per heavy atom. The maximum atomic E-state index is 11.6. The summed E-state index contributed by atoms with van der Waals surface area (Å²) in [4.78, 5) is 44.8. The Balaban J connectivity index is 2.10. The quantitative estimate of drug-likeness (QED) is 0.184. The molecule has 1 aliphatic rings. The topological polar surface area (TPSA) is 174 Å². The number of nitrogens with zero attached hydrogens (tertiary/aromatic N) is 1. The lowest BCUT2D eigenvalue weighted by atomic mass is 9.71. The van der Waals surface area contributed by atoms with E-state index in [-0.39, 0.29) is 17.5 Å². The van der Waals surface area contributed by atoms with Crippen molar-refractivity contribution in [2.24, 2.45) is 11.3 Å². The number of anilines is 1. The van der Waals surface area contributed by atoms with E-state index in [0.717, 1.165) is 6.07 Å². The van der Waals surface area contributed by atoms with Gasteiger partial charge in [0.05, 0.1) is 22.5 Å². The van der Waals surface area contributed by atoms with Crippen molar-refractivity contribution in [3.63, 3.8) is 0 Å². The molecule has 0 unspecified atom stereocenters. The number of carboxylic acids is 1. The highest BCUT2D eigenvalue weighted by molar-refractivity contribution is 6.39. The van der Waals surface area contributed by atoms with Crippen molar-refractivity contribution in [2.45, 2.75) is 45.1 Å². The number of nitro groups is 1. The molecular weight excluding hydrogens is 372 g/mol. The van der Waals surface area contributed by atoms with Crippen molar-refractivity contribution in [2.75, 3.05) is 5.32 Å². The van der Waals surface area contributed by atoms with Crippen molar-refractivity contribution in [1.82, 2.24) is 5.43 Å². The van der Waals surface area contributed by atoms with Crippen LogP contribution in [0.25, 0.3) is 0 Å². The van der Waals surface area contributed by atoms with E-state index < -0.39 is 33.8 Å². The maximum absolute atomic E-state index is 11.6. The number of carboxylic acid groups (broad SMARTS) is 1.